The molecule has 0 saturated heterocycles. The summed E-state index contributed by atoms with van der Waals surface area (Å²) in [6, 6.07) is 11.0. The number of aliphatic carboxylic acids is 1. The van der Waals surface area contributed by atoms with E-state index in [-0.39, 0.29) is 17.0 Å². The summed E-state index contributed by atoms with van der Waals surface area (Å²) in [6.45, 7) is -0.761. The van der Waals surface area contributed by atoms with Gasteiger partial charge in [0.05, 0.1) is 5.56 Å². The molecule has 0 aromatic heterocycles. The Kier molecular flexibility index (Phi) is 5.96. The van der Waals surface area contributed by atoms with Gasteiger partial charge in [-0.3, -0.25) is 0 Å². The molecule has 3 nitrogen and oxygen atoms in total. The van der Waals surface area contributed by atoms with Crippen LogP contribution in [0.4, 0.5) is 13.2 Å². The largest absolute Gasteiger partial charge is 0.480 e. The fourth-order valence-corrected chi connectivity index (χ4v) is 2.88. The van der Waals surface area contributed by atoms with Crippen molar-refractivity contribution in [1.29, 1.82) is 0 Å². The Bertz CT molecular complexity index is 828. The summed E-state index contributed by atoms with van der Waals surface area (Å²) in [5.74, 6) is 1.07. The van der Waals surface area contributed by atoms with Crippen LogP contribution in [0.1, 0.15) is 23.1 Å². The summed E-state index contributed by atoms with van der Waals surface area (Å²) >= 11 is 6.17. The van der Waals surface area contributed by atoms with Crippen LogP contribution in [0, 0.1) is 12.3 Å². The van der Waals surface area contributed by atoms with E-state index in [4.69, 9.17) is 27.9 Å². The lowest BCUT2D eigenvalue weighted by Crippen LogP contribution is -2.34. The van der Waals surface area contributed by atoms with Gasteiger partial charge in [-0.25, -0.2) is 4.79 Å². The van der Waals surface area contributed by atoms with Gasteiger partial charge in [0.1, 0.15) is 12.2 Å². The first-order chi connectivity index (χ1) is 12.2. The fraction of sp³-hybridized carbons (Fsp3) is 0.211. The number of carbonyl (C=O) groups is 1. The average Bonchev–Trinajstić information content (AvgIpc) is 2.59. The third-order valence-corrected chi connectivity index (χ3v) is 4.09. The van der Waals surface area contributed by atoms with Gasteiger partial charge in [-0.05, 0) is 23.8 Å². The topological polar surface area (TPSA) is 46.5 Å². The summed E-state index contributed by atoms with van der Waals surface area (Å²) in [4.78, 5) is 11.0. The van der Waals surface area contributed by atoms with E-state index in [0.29, 0.717) is 5.56 Å². The molecule has 0 radical (unpaired) electrons. The highest BCUT2D eigenvalue weighted by Gasteiger charge is 2.40. The first kappa shape index (κ1) is 19.8. The Morgan fingerprint density at radius 3 is 2.35 bits per heavy atom. The lowest BCUT2D eigenvalue weighted by atomic mass is 9.82. The SMILES string of the molecule is C#CCC(OCC(=O)O)(c1ccccc1)c1cc(C(F)(F)F)ccc1Cl. The smallest absolute Gasteiger partial charge is 0.416 e. The van der Waals surface area contributed by atoms with Gasteiger partial charge in [0.25, 0.3) is 0 Å². The van der Waals surface area contributed by atoms with Crippen LogP contribution in [0.15, 0.2) is 48.5 Å². The third-order valence-electron chi connectivity index (χ3n) is 3.76. The normalized spacial score (nSPS) is 13.7. The van der Waals surface area contributed by atoms with Gasteiger partial charge in [0.15, 0.2) is 0 Å². The zero-order chi connectivity index (χ0) is 19.4. The van der Waals surface area contributed by atoms with E-state index in [2.05, 4.69) is 5.92 Å². The maximum atomic E-state index is 13.2. The van der Waals surface area contributed by atoms with Crippen LogP contribution in [-0.4, -0.2) is 17.7 Å². The van der Waals surface area contributed by atoms with Crippen molar-refractivity contribution in [3.05, 3.63) is 70.2 Å². The second-order valence-corrected chi connectivity index (χ2v) is 5.86. The molecule has 0 heterocycles. The minimum atomic E-state index is -4.61. The second-order valence-electron chi connectivity index (χ2n) is 5.45. The fourth-order valence-electron chi connectivity index (χ4n) is 2.61. The van der Waals surface area contributed by atoms with Gasteiger partial charge in [-0.1, -0.05) is 41.9 Å². The van der Waals surface area contributed by atoms with E-state index in [1.165, 1.54) is 0 Å². The summed E-state index contributed by atoms with van der Waals surface area (Å²) in [5.41, 5.74) is -2.21. The van der Waals surface area contributed by atoms with Crippen LogP contribution >= 0.6 is 11.6 Å². The quantitative estimate of drug-likeness (QED) is 0.735. The number of carboxylic acid groups (broad SMARTS) is 1. The summed E-state index contributed by atoms with van der Waals surface area (Å²) in [7, 11) is 0. The van der Waals surface area contributed by atoms with E-state index in [1.807, 2.05) is 0 Å². The zero-order valence-corrected chi connectivity index (χ0v) is 14.1. The molecule has 0 aliphatic rings. The minimum absolute atomic E-state index is 0.0116. The molecule has 0 aliphatic carbocycles. The van der Waals surface area contributed by atoms with Crippen molar-refractivity contribution in [2.45, 2.75) is 18.2 Å². The number of alkyl halides is 3. The molecule has 2 aromatic carbocycles. The van der Waals surface area contributed by atoms with Crippen LogP contribution in [0.5, 0.6) is 0 Å². The standard InChI is InChI=1S/C19H14ClF3O3/c1-2-10-18(26-12-17(24)25,13-6-4-3-5-7-13)15-11-14(19(21,22)23)8-9-16(15)20/h1,3-9,11H,10,12H2,(H,24,25). The molecule has 7 heteroatoms. The predicted molar refractivity (Wildman–Crippen MR) is 90.7 cm³/mol. The Hall–Kier alpha value is -2.49. The molecule has 0 saturated carbocycles. The molecular weight excluding hydrogens is 369 g/mol. The van der Waals surface area contributed by atoms with E-state index >= 15 is 0 Å². The van der Waals surface area contributed by atoms with Gasteiger partial charge >= 0.3 is 12.1 Å². The van der Waals surface area contributed by atoms with Crippen molar-refractivity contribution < 1.29 is 27.8 Å². The molecule has 1 N–H and O–H groups in total. The maximum Gasteiger partial charge on any atom is 0.416 e. The van der Waals surface area contributed by atoms with Crippen LogP contribution in [-0.2, 0) is 21.3 Å². The van der Waals surface area contributed by atoms with Gasteiger partial charge in [0.2, 0.25) is 0 Å². The number of ether oxygens (including phenoxy) is 1. The zero-order valence-electron chi connectivity index (χ0n) is 13.4. The number of halogens is 4. The highest BCUT2D eigenvalue weighted by molar-refractivity contribution is 6.31. The monoisotopic (exact) mass is 382 g/mol. The van der Waals surface area contributed by atoms with Crippen molar-refractivity contribution in [3.8, 4) is 12.3 Å². The number of hydrogen-bond donors (Lipinski definition) is 1. The summed E-state index contributed by atoms with van der Waals surface area (Å²) in [6.07, 6.45) is 0.617. The predicted octanol–water partition coefficient (Wildman–Crippen LogP) is 4.73. The van der Waals surface area contributed by atoms with Crippen LogP contribution < -0.4 is 0 Å². The number of rotatable bonds is 6. The van der Waals surface area contributed by atoms with E-state index in [9.17, 15) is 18.0 Å². The number of hydrogen-bond acceptors (Lipinski definition) is 2. The Morgan fingerprint density at radius 2 is 1.81 bits per heavy atom. The Balaban J connectivity index is 2.74. The molecular formula is C19H14ClF3O3. The van der Waals surface area contributed by atoms with Crippen LogP contribution in [0.3, 0.4) is 0 Å². The van der Waals surface area contributed by atoms with E-state index in [1.54, 1.807) is 30.3 Å². The summed E-state index contributed by atoms with van der Waals surface area (Å²) in [5, 5.41) is 8.99. The van der Waals surface area contributed by atoms with Crippen LogP contribution in [0.2, 0.25) is 5.02 Å². The molecule has 1 unspecified atom stereocenters. The molecule has 0 aliphatic heterocycles. The van der Waals surface area contributed by atoms with Crippen molar-refractivity contribution >= 4 is 17.6 Å². The summed E-state index contributed by atoms with van der Waals surface area (Å²) < 4.78 is 45.1. The lowest BCUT2D eigenvalue weighted by Gasteiger charge is -2.34. The molecule has 0 spiro atoms. The maximum absolute atomic E-state index is 13.2. The minimum Gasteiger partial charge on any atom is -0.480 e. The molecule has 1 atom stereocenters. The van der Waals surface area contributed by atoms with E-state index in [0.717, 1.165) is 18.2 Å². The molecule has 136 valence electrons. The van der Waals surface area contributed by atoms with Crippen molar-refractivity contribution in [2.75, 3.05) is 6.61 Å². The molecule has 2 rings (SSSR count). The highest BCUT2D eigenvalue weighted by atomic mass is 35.5. The first-order valence-corrected chi connectivity index (χ1v) is 7.80. The number of benzene rings is 2. The molecule has 26 heavy (non-hydrogen) atoms. The first-order valence-electron chi connectivity index (χ1n) is 7.42. The Morgan fingerprint density at radius 1 is 1.15 bits per heavy atom. The molecule has 0 fully saturated rings. The number of carboxylic acids is 1. The lowest BCUT2D eigenvalue weighted by molar-refractivity contribution is -0.148. The van der Waals surface area contributed by atoms with Gasteiger partial charge in [-0.15, -0.1) is 12.3 Å². The number of terminal acetylenes is 1. The van der Waals surface area contributed by atoms with Crippen molar-refractivity contribution in [1.82, 2.24) is 0 Å². The highest BCUT2D eigenvalue weighted by Crippen LogP contribution is 2.43. The molecule has 0 amide bonds. The molecule has 2 aromatic rings. The van der Waals surface area contributed by atoms with Gasteiger partial charge in [-0.2, -0.15) is 13.2 Å². The molecule has 0 bridgehead atoms. The van der Waals surface area contributed by atoms with Crippen LogP contribution in [0.25, 0.3) is 0 Å². The van der Waals surface area contributed by atoms with E-state index < -0.39 is 29.9 Å². The van der Waals surface area contributed by atoms with Gasteiger partial charge in [0, 0.05) is 17.0 Å². The van der Waals surface area contributed by atoms with Crippen molar-refractivity contribution in [3.63, 3.8) is 0 Å². The average molecular weight is 383 g/mol. The third kappa shape index (κ3) is 4.18. The van der Waals surface area contributed by atoms with Crippen molar-refractivity contribution in [2.24, 2.45) is 0 Å². The van der Waals surface area contributed by atoms with Gasteiger partial charge < -0.3 is 9.84 Å². The Labute approximate surface area is 153 Å². The second kappa shape index (κ2) is 7.81.